The van der Waals surface area contributed by atoms with Gasteiger partial charge in [0.25, 0.3) is 5.91 Å². The van der Waals surface area contributed by atoms with Crippen LogP contribution in [0.25, 0.3) is 0 Å². The first-order chi connectivity index (χ1) is 11.7. The second kappa shape index (κ2) is 7.35. The molecule has 7 heteroatoms. The fourth-order valence-electron chi connectivity index (χ4n) is 2.60. The zero-order valence-electron chi connectivity index (χ0n) is 13.4. The summed E-state index contributed by atoms with van der Waals surface area (Å²) in [6.07, 6.45) is 3.07. The smallest absolute Gasteiger partial charge is 0.257 e. The van der Waals surface area contributed by atoms with Crippen molar-refractivity contribution in [3.05, 3.63) is 53.2 Å². The number of nitrogens with zero attached hydrogens (tertiary/aromatic N) is 3. The normalized spacial score (nSPS) is 13.5. The molecule has 0 spiro atoms. The Bertz CT molecular complexity index is 739. The summed E-state index contributed by atoms with van der Waals surface area (Å²) in [5.74, 6) is -0.389. The van der Waals surface area contributed by atoms with Gasteiger partial charge in [0.15, 0.2) is 5.82 Å². The van der Waals surface area contributed by atoms with Gasteiger partial charge in [-0.3, -0.25) is 9.78 Å². The molecule has 24 heavy (non-hydrogen) atoms. The molecule has 0 saturated carbocycles. The van der Waals surface area contributed by atoms with E-state index >= 15 is 0 Å². The van der Waals surface area contributed by atoms with Crippen molar-refractivity contribution >= 4 is 5.91 Å². The van der Waals surface area contributed by atoms with Crippen LogP contribution in [0.15, 0.2) is 30.6 Å². The van der Waals surface area contributed by atoms with Gasteiger partial charge in [-0.1, -0.05) is 6.07 Å². The highest BCUT2D eigenvalue weighted by atomic mass is 19.1. The van der Waals surface area contributed by atoms with Crippen LogP contribution in [0, 0.1) is 5.82 Å². The molecule has 2 aromatic rings. The molecule has 0 saturated heterocycles. The maximum Gasteiger partial charge on any atom is 0.257 e. The van der Waals surface area contributed by atoms with Crippen molar-refractivity contribution in [2.24, 2.45) is 0 Å². The first kappa shape index (κ1) is 16.3. The third-order valence-electron chi connectivity index (χ3n) is 3.85. The van der Waals surface area contributed by atoms with Crippen molar-refractivity contribution < 1.29 is 18.7 Å². The van der Waals surface area contributed by atoms with Gasteiger partial charge in [-0.2, -0.15) is 0 Å². The summed E-state index contributed by atoms with van der Waals surface area (Å²) in [6, 6.07) is 5.07. The number of rotatable bonds is 5. The molecular formula is C17H18FN3O3. The molecule has 0 bridgehead atoms. The molecule has 1 aliphatic heterocycles. The van der Waals surface area contributed by atoms with Crippen LogP contribution in [-0.4, -0.2) is 47.6 Å². The minimum Gasteiger partial charge on any atom is -0.475 e. The van der Waals surface area contributed by atoms with Crippen LogP contribution < -0.4 is 4.74 Å². The lowest BCUT2D eigenvalue weighted by atomic mass is 10.0. The molecule has 0 unspecified atom stereocenters. The van der Waals surface area contributed by atoms with Crippen LogP contribution in [0.2, 0.25) is 0 Å². The number of halogens is 1. The molecule has 0 radical (unpaired) electrons. The number of fused-ring (bicyclic) bond motifs is 1. The fraction of sp³-hybridized carbons (Fsp3) is 0.353. The fourth-order valence-corrected chi connectivity index (χ4v) is 2.60. The van der Waals surface area contributed by atoms with Gasteiger partial charge in [-0.15, -0.1) is 0 Å². The van der Waals surface area contributed by atoms with Gasteiger partial charge in [-0.05, 0) is 11.6 Å². The van der Waals surface area contributed by atoms with Gasteiger partial charge in [0, 0.05) is 38.9 Å². The Labute approximate surface area is 139 Å². The van der Waals surface area contributed by atoms with E-state index in [2.05, 4.69) is 9.97 Å². The number of amides is 1. The first-order valence-corrected chi connectivity index (χ1v) is 7.68. The minimum atomic E-state index is -0.603. The molecule has 6 nitrogen and oxygen atoms in total. The minimum absolute atomic E-state index is 0.0425. The van der Waals surface area contributed by atoms with E-state index in [1.807, 2.05) is 6.07 Å². The predicted molar refractivity (Wildman–Crippen MR) is 84.2 cm³/mol. The van der Waals surface area contributed by atoms with Crippen LogP contribution in [0.4, 0.5) is 4.39 Å². The highest BCUT2D eigenvalue weighted by molar-refractivity contribution is 5.94. The summed E-state index contributed by atoms with van der Waals surface area (Å²) in [5, 5.41) is 0. The van der Waals surface area contributed by atoms with Crippen molar-refractivity contribution in [1.29, 1.82) is 0 Å². The Kier molecular flexibility index (Phi) is 5.00. The predicted octanol–water partition coefficient (Wildman–Crippen LogP) is 1.84. The van der Waals surface area contributed by atoms with E-state index < -0.39 is 5.82 Å². The monoisotopic (exact) mass is 331 g/mol. The van der Waals surface area contributed by atoms with Gasteiger partial charge < -0.3 is 14.4 Å². The number of pyridine rings is 2. The van der Waals surface area contributed by atoms with Gasteiger partial charge in [-0.25, -0.2) is 9.37 Å². The third-order valence-corrected chi connectivity index (χ3v) is 3.85. The second-order valence-electron chi connectivity index (χ2n) is 5.43. The maximum atomic E-state index is 13.7. The van der Waals surface area contributed by atoms with Gasteiger partial charge in [0.2, 0.25) is 5.88 Å². The molecule has 0 aliphatic carbocycles. The summed E-state index contributed by atoms with van der Waals surface area (Å²) >= 11 is 0. The van der Waals surface area contributed by atoms with Gasteiger partial charge in [0.05, 0.1) is 24.1 Å². The lowest BCUT2D eigenvalue weighted by Gasteiger charge is -2.28. The number of hydrogen-bond acceptors (Lipinski definition) is 5. The molecule has 3 heterocycles. The Morgan fingerprint density at radius 3 is 3.00 bits per heavy atom. The average molecular weight is 331 g/mol. The third kappa shape index (κ3) is 3.51. The highest BCUT2D eigenvalue weighted by Crippen LogP contribution is 2.22. The van der Waals surface area contributed by atoms with E-state index in [1.165, 1.54) is 12.3 Å². The molecule has 0 atom stereocenters. The topological polar surface area (TPSA) is 64.6 Å². The number of ether oxygens (including phenoxy) is 2. The average Bonchev–Trinajstić information content (AvgIpc) is 2.61. The molecule has 1 aliphatic rings. The van der Waals surface area contributed by atoms with E-state index in [9.17, 15) is 9.18 Å². The largest absolute Gasteiger partial charge is 0.475 e. The molecule has 2 aromatic heterocycles. The quantitative estimate of drug-likeness (QED) is 0.782. The summed E-state index contributed by atoms with van der Waals surface area (Å²) in [5.41, 5.74) is 1.90. The Hall–Kier alpha value is -2.54. The summed E-state index contributed by atoms with van der Waals surface area (Å²) in [7, 11) is 1.61. The van der Waals surface area contributed by atoms with Crippen LogP contribution in [0.3, 0.4) is 0 Å². The van der Waals surface area contributed by atoms with Crippen molar-refractivity contribution in [2.75, 3.05) is 26.9 Å². The lowest BCUT2D eigenvalue weighted by Crippen LogP contribution is -2.36. The van der Waals surface area contributed by atoms with E-state index in [4.69, 9.17) is 9.47 Å². The Morgan fingerprint density at radius 1 is 1.33 bits per heavy atom. The molecule has 0 aromatic carbocycles. The van der Waals surface area contributed by atoms with Crippen LogP contribution in [0.1, 0.15) is 21.6 Å². The number of methoxy groups -OCH3 is 1. The summed E-state index contributed by atoms with van der Waals surface area (Å²) in [4.78, 5) is 22.2. The number of carbonyl (C=O) groups excluding carboxylic acids is 1. The van der Waals surface area contributed by atoms with Crippen molar-refractivity contribution in [1.82, 2.24) is 14.9 Å². The van der Waals surface area contributed by atoms with Gasteiger partial charge in [0.1, 0.15) is 6.61 Å². The van der Waals surface area contributed by atoms with Crippen molar-refractivity contribution in [3.8, 4) is 5.88 Å². The standard InChI is InChI=1S/C17H18FN3O3/c1-23-8-9-24-16-3-2-12-11-21(7-5-15(12)20-16)17(22)13-4-6-19-10-14(13)18/h2-4,6,10H,5,7-9,11H2,1H3. The molecule has 0 N–H and O–H groups in total. The number of hydrogen-bond donors (Lipinski definition) is 0. The van der Waals surface area contributed by atoms with E-state index in [0.717, 1.165) is 17.5 Å². The molecule has 1 amide bonds. The molecule has 0 fully saturated rings. The summed E-state index contributed by atoms with van der Waals surface area (Å²) < 4.78 is 24.2. The van der Waals surface area contributed by atoms with Crippen LogP contribution >= 0.6 is 0 Å². The first-order valence-electron chi connectivity index (χ1n) is 7.68. The van der Waals surface area contributed by atoms with Crippen molar-refractivity contribution in [3.63, 3.8) is 0 Å². The summed E-state index contributed by atoms with van der Waals surface area (Å²) in [6.45, 7) is 1.83. The van der Waals surface area contributed by atoms with Gasteiger partial charge >= 0.3 is 0 Å². The van der Waals surface area contributed by atoms with E-state index in [-0.39, 0.29) is 11.5 Å². The molecular weight excluding hydrogens is 313 g/mol. The Morgan fingerprint density at radius 2 is 2.21 bits per heavy atom. The molecule has 3 rings (SSSR count). The number of aromatic nitrogens is 2. The van der Waals surface area contributed by atoms with Crippen molar-refractivity contribution in [2.45, 2.75) is 13.0 Å². The maximum absolute atomic E-state index is 13.7. The SMILES string of the molecule is COCCOc1ccc2c(n1)CCN(C(=O)c1ccncc1F)C2. The van der Waals surface area contributed by atoms with Crippen LogP contribution in [0.5, 0.6) is 5.88 Å². The van der Waals surface area contributed by atoms with E-state index in [1.54, 1.807) is 18.1 Å². The van der Waals surface area contributed by atoms with E-state index in [0.29, 0.717) is 38.6 Å². The lowest BCUT2D eigenvalue weighted by molar-refractivity contribution is 0.0728. The second-order valence-corrected chi connectivity index (χ2v) is 5.43. The zero-order chi connectivity index (χ0) is 16.9. The highest BCUT2D eigenvalue weighted by Gasteiger charge is 2.24. The Balaban J connectivity index is 1.71. The van der Waals surface area contributed by atoms with Crippen LogP contribution in [-0.2, 0) is 17.7 Å². The number of carbonyl (C=O) groups is 1. The zero-order valence-corrected chi connectivity index (χ0v) is 13.4. The molecule has 126 valence electrons.